The van der Waals surface area contributed by atoms with Gasteiger partial charge in [-0.3, -0.25) is 10.1 Å². The van der Waals surface area contributed by atoms with Gasteiger partial charge in [0.15, 0.2) is 6.29 Å². The molecule has 2 N–H and O–H groups in total. The molecule has 0 atom stereocenters. The number of anilines is 1. The standard InChI is InChI=1S/C14H16N2O3S/c1-9(2)19-14(18)16-11-3-4-12(10(5-11)7-17)13-6-15-8-20-13/h3-7,9,15H,8H2,1-2H3,(H,16,18). The first-order chi connectivity index (χ1) is 9.60. The minimum absolute atomic E-state index is 0.189. The van der Waals surface area contributed by atoms with E-state index in [9.17, 15) is 9.59 Å². The van der Waals surface area contributed by atoms with Gasteiger partial charge in [-0.25, -0.2) is 4.79 Å². The number of aldehydes is 1. The Morgan fingerprint density at radius 1 is 1.50 bits per heavy atom. The highest BCUT2D eigenvalue weighted by Crippen LogP contribution is 2.32. The highest BCUT2D eigenvalue weighted by atomic mass is 32.2. The van der Waals surface area contributed by atoms with Crippen LogP contribution in [0, 0.1) is 0 Å². The fourth-order valence-corrected chi connectivity index (χ4v) is 2.60. The molecule has 1 aromatic carbocycles. The molecule has 1 aliphatic heterocycles. The summed E-state index contributed by atoms with van der Waals surface area (Å²) in [4.78, 5) is 23.7. The number of thioether (sulfide) groups is 1. The predicted octanol–water partition coefficient (Wildman–Crippen LogP) is 3.05. The topological polar surface area (TPSA) is 67.4 Å². The molecular formula is C14H16N2O3S. The van der Waals surface area contributed by atoms with Gasteiger partial charge in [0, 0.05) is 27.9 Å². The first kappa shape index (κ1) is 14.5. The molecule has 5 nitrogen and oxygen atoms in total. The third-order valence-electron chi connectivity index (χ3n) is 2.58. The third kappa shape index (κ3) is 3.54. The Balaban J connectivity index is 2.17. The van der Waals surface area contributed by atoms with Crippen molar-refractivity contribution in [3.05, 3.63) is 35.5 Å². The molecule has 1 aromatic rings. The van der Waals surface area contributed by atoms with Gasteiger partial charge in [-0.2, -0.15) is 0 Å². The SMILES string of the molecule is CC(C)OC(=O)Nc1ccc(C2=CNCS2)c(C=O)c1. The molecule has 6 heteroatoms. The molecule has 0 radical (unpaired) electrons. The highest BCUT2D eigenvalue weighted by molar-refractivity contribution is 8.08. The molecule has 1 heterocycles. The molecule has 0 unspecified atom stereocenters. The van der Waals surface area contributed by atoms with Gasteiger partial charge in [0.1, 0.15) is 0 Å². The number of hydrogen-bond acceptors (Lipinski definition) is 5. The molecule has 1 amide bonds. The van der Waals surface area contributed by atoms with Crippen molar-refractivity contribution in [1.29, 1.82) is 0 Å². The van der Waals surface area contributed by atoms with Crippen LogP contribution in [0.15, 0.2) is 24.4 Å². The summed E-state index contributed by atoms with van der Waals surface area (Å²) in [5.41, 5.74) is 1.94. The second-order valence-corrected chi connectivity index (χ2v) is 5.52. The van der Waals surface area contributed by atoms with E-state index in [1.807, 2.05) is 12.3 Å². The van der Waals surface area contributed by atoms with Gasteiger partial charge in [-0.05, 0) is 26.0 Å². The smallest absolute Gasteiger partial charge is 0.411 e. The van der Waals surface area contributed by atoms with E-state index < -0.39 is 6.09 Å². The maximum absolute atomic E-state index is 11.5. The highest BCUT2D eigenvalue weighted by Gasteiger charge is 2.13. The fourth-order valence-electron chi connectivity index (χ4n) is 1.77. The molecule has 1 aliphatic rings. The monoisotopic (exact) mass is 292 g/mol. The van der Waals surface area contributed by atoms with Crippen LogP contribution in [0.4, 0.5) is 10.5 Å². The van der Waals surface area contributed by atoms with E-state index in [-0.39, 0.29) is 6.10 Å². The van der Waals surface area contributed by atoms with Crippen LogP contribution < -0.4 is 10.6 Å². The zero-order chi connectivity index (χ0) is 14.5. The Hall–Kier alpha value is -1.95. The average Bonchev–Trinajstić information content (AvgIpc) is 2.91. The summed E-state index contributed by atoms with van der Waals surface area (Å²) in [5.74, 6) is 0.800. The summed E-state index contributed by atoms with van der Waals surface area (Å²) >= 11 is 1.63. The second kappa shape index (κ2) is 6.47. The van der Waals surface area contributed by atoms with Crippen LogP contribution in [0.3, 0.4) is 0 Å². The molecule has 0 saturated carbocycles. The number of carbonyl (C=O) groups is 2. The summed E-state index contributed by atoms with van der Waals surface area (Å²) in [6.45, 7) is 3.55. The maximum Gasteiger partial charge on any atom is 0.411 e. The van der Waals surface area contributed by atoms with Crippen LogP contribution in [0.25, 0.3) is 4.91 Å². The largest absolute Gasteiger partial charge is 0.447 e. The van der Waals surface area contributed by atoms with Crippen LogP contribution in [0.1, 0.15) is 29.8 Å². The van der Waals surface area contributed by atoms with E-state index in [4.69, 9.17) is 4.74 Å². The number of nitrogens with one attached hydrogen (secondary N) is 2. The van der Waals surface area contributed by atoms with Crippen molar-refractivity contribution in [3.63, 3.8) is 0 Å². The average molecular weight is 292 g/mol. The van der Waals surface area contributed by atoms with Crippen LogP contribution in [-0.2, 0) is 4.74 Å². The molecule has 0 saturated heterocycles. The van der Waals surface area contributed by atoms with Gasteiger partial charge < -0.3 is 10.1 Å². The number of amides is 1. The van der Waals surface area contributed by atoms with E-state index in [0.29, 0.717) is 11.3 Å². The van der Waals surface area contributed by atoms with Gasteiger partial charge in [0.25, 0.3) is 0 Å². The Labute approximate surface area is 121 Å². The first-order valence-electron chi connectivity index (χ1n) is 6.23. The van der Waals surface area contributed by atoms with Crippen LogP contribution in [0.2, 0.25) is 0 Å². The van der Waals surface area contributed by atoms with E-state index in [0.717, 1.165) is 22.6 Å². The quantitative estimate of drug-likeness (QED) is 0.835. The minimum Gasteiger partial charge on any atom is -0.447 e. The van der Waals surface area contributed by atoms with Crippen molar-refractivity contribution < 1.29 is 14.3 Å². The first-order valence-corrected chi connectivity index (χ1v) is 7.22. The fraction of sp³-hybridized carbons (Fsp3) is 0.286. The molecule has 0 aromatic heterocycles. The van der Waals surface area contributed by atoms with E-state index in [2.05, 4.69) is 10.6 Å². The molecule has 0 spiro atoms. The number of ether oxygens (including phenoxy) is 1. The summed E-state index contributed by atoms with van der Waals surface area (Å²) in [7, 11) is 0. The maximum atomic E-state index is 11.5. The Bertz CT molecular complexity index is 555. The molecule has 0 bridgehead atoms. The number of carbonyl (C=O) groups excluding carboxylic acids is 2. The van der Waals surface area contributed by atoms with Crippen LogP contribution in [-0.4, -0.2) is 24.4 Å². The minimum atomic E-state index is -0.527. The van der Waals surface area contributed by atoms with E-state index in [1.165, 1.54) is 0 Å². The summed E-state index contributed by atoms with van der Waals surface area (Å²) in [6, 6.07) is 5.22. The molecular weight excluding hydrogens is 276 g/mol. The van der Waals surface area contributed by atoms with Gasteiger partial charge in [0.05, 0.1) is 12.0 Å². The summed E-state index contributed by atoms with van der Waals surface area (Å²) < 4.78 is 4.99. The van der Waals surface area contributed by atoms with Crippen molar-refractivity contribution in [2.75, 3.05) is 11.2 Å². The van der Waals surface area contributed by atoms with Gasteiger partial charge in [-0.1, -0.05) is 6.07 Å². The number of hydrogen-bond donors (Lipinski definition) is 2. The van der Waals surface area contributed by atoms with Crippen molar-refractivity contribution >= 4 is 34.7 Å². The van der Waals surface area contributed by atoms with Crippen LogP contribution in [0.5, 0.6) is 0 Å². The normalized spacial score (nSPS) is 13.7. The van der Waals surface area contributed by atoms with Crippen molar-refractivity contribution in [2.24, 2.45) is 0 Å². The van der Waals surface area contributed by atoms with Crippen molar-refractivity contribution in [2.45, 2.75) is 20.0 Å². The predicted molar refractivity (Wildman–Crippen MR) is 80.6 cm³/mol. The lowest BCUT2D eigenvalue weighted by Crippen LogP contribution is -2.18. The molecule has 0 fully saturated rings. The second-order valence-electron chi connectivity index (χ2n) is 4.50. The zero-order valence-corrected chi connectivity index (χ0v) is 12.1. The number of benzene rings is 1. The van der Waals surface area contributed by atoms with Gasteiger partial charge in [0.2, 0.25) is 0 Å². The van der Waals surface area contributed by atoms with Gasteiger partial charge >= 0.3 is 6.09 Å². The molecule has 0 aliphatic carbocycles. The summed E-state index contributed by atoms with van der Waals surface area (Å²) in [6.07, 6.45) is 1.95. The zero-order valence-electron chi connectivity index (χ0n) is 11.3. The number of rotatable bonds is 4. The third-order valence-corrected chi connectivity index (χ3v) is 3.54. The molecule has 106 valence electrons. The van der Waals surface area contributed by atoms with E-state index in [1.54, 1.807) is 37.7 Å². The van der Waals surface area contributed by atoms with Crippen LogP contribution >= 0.6 is 11.8 Å². The van der Waals surface area contributed by atoms with Gasteiger partial charge in [-0.15, -0.1) is 11.8 Å². The van der Waals surface area contributed by atoms with Crippen molar-refractivity contribution in [3.8, 4) is 0 Å². The van der Waals surface area contributed by atoms with Crippen molar-refractivity contribution in [1.82, 2.24) is 5.32 Å². The lowest BCUT2D eigenvalue weighted by atomic mass is 10.1. The molecule has 20 heavy (non-hydrogen) atoms. The van der Waals surface area contributed by atoms with E-state index >= 15 is 0 Å². The Morgan fingerprint density at radius 3 is 2.90 bits per heavy atom. The molecule has 2 rings (SSSR count). The lowest BCUT2D eigenvalue weighted by Gasteiger charge is -2.11. The Kier molecular flexibility index (Phi) is 4.68. The summed E-state index contributed by atoms with van der Waals surface area (Å²) in [5, 5.41) is 5.69. The lowest BCUT2D eigenvalue weighted by molar-refractivity contribution is 0.112. The Morgan fingerprint density at radius 2 is 2.30 bits per heavy atom.